The minimum absolute atomic E-state index is 0.232. The molecule has 0 atom stereocenters. The molecule has 3 N–H and O–H groups in total. The molecule has 1 aromatic heterocycles. The molecule has 1 fully saturated rings. The highest BCUT2D eigenvalue weighted by Crippen LogP contribution is 2.20. The lowest BCUT2D eigenvalue weighted by Gasteiger charge is -2.22. The Hall–Kier alpha value is -2.63. The molecule has 1 heterocycles. The Labute approximate surface area is 140 Å². The molecule has 3 rings (SSSR count). The van der Waals surface area contributed by atoms with E-state index >= 15 is 0 Å². The summed E-state index contributed by atoms with van der Waals surface area (Å²) in [6, 6.07) is 9.88. The molecule has 1 aliphatic carbocycles. The van der Waals surface area contributed by atoms with Gasteiger partial charge in [0.1, 0.15) is 11.6 Å². The molecule has 2 aromatic rings. The Balaban J connectivity index is 1.54. The number of pyridine rings is 1. The summed E-state index contributed by atoms with van der Waals surface area (Å²) in [6.07, 6.45) is 7.21. The Morgan fingerprint density at radius 3 is 2.58 bits per heavy atom. The zero-order chi connectivity index (χ0) is 16.8. The maximum absolute atomic E-state index is 13.6. The molecule has 0 aliphatic heterocycles. The molecule has 1 saturated carbocycles. The minimum Gasteiger partial charge on any atom is -0.352 e. The van der Waals surface area contributed by atoms with Gasteiger partial charge >= 0.3 is 6.03 Å². The Morgan fingerprint density at radius 1 is 1.08 bits per heavy atom. The van der Waals surface area contributed by atoms with Crippen molar-refractivity contribution in [1.82, 2.24) is 10.3 Å². The van der Waals surface area contributed by atoms with Gasteiger partial charge in [-0.2, -0.15) is 0 Å². The molecule has 1 aromatic carbocycles. The first-order chi connectivity index (χ1) is 11.7. The summed E-state index contributed by atoms with van der Waals surface area (Å²) in [5.41, 5.74) is 1.04. The molecule has 126 valence electrons. The summed E-state index contributed by atoms with van der Waals surface area (Å²) < 4.78 is 13.6. The number of nitrogens with zero attached hydrogens (tertiary/aromatic N) is 1. The lowest BCUT2D eigenvalue weighted by atomic mass is 9.96. The van der Waals surface area contributed by atoms with Crippen LogP contribution in [0.1, 0.15) is 32.1 Å². The van der Waals surface area contributed by atoms with E-state index in [1.165, 1.54) is 25.3 Å². The van der Waals surface area contributed by atoms with Crippen LogP contribution in [0.5, 0.6) is 0 Å². The van der Waals surface area contributed by atoms with E-state index in [2.05, 4.69) is 20.9 Å². The highest BCUT2D eigenvalue weighted by Gasteiger charge is 2.15. The van der Waals surface area contributed by atoms with Gasteiger partial charge < -0.3 is 10.6 Å². The number of nitrogens with one attached hydrogen (secondary N) is 3. The zero-order valence-corrected chi connectivity index (χ0v) is 13.4. The number of halogens is 1. The van der Waals surface area contributed by atoms with E-state index in [0.29, 0.717) is 17.2 Å². The van der Waals surface area contributed by atoms with Crippen molar-refractivity contribution in [3.8, 4) is 0 Å². The van der Waals surface area contributed by atoms with Crippen molar-refractivity contribution in [2.75, 3.05) is 10.6 Å². The topological polar surface area (TPSA) is 66.0 Å². The molecule has 1 aliphatic rings. The van der Waals surface area contributed by atoms with Crippen LogP contribution in [-0.2, 0) is 0 Å². The van der Waals surface area contributed by atoms with Crippen molar-refractivity contribution < 1.29 is 9.18 Å². The molecular formula is C18H21FN4O. The van der Waals surface area contributed by atoms with Gasteiger partial charge in [-0.1, -0.05) is 31.4 Å². The van der Waals surface area contributed by atoms with Crippen LogP contribution in [0, 0.1) is 5.82 Å². The van der Waals surface area contributed by atoms with E-state index in [4.69, 9.17) is 0 Å². The first-order valence-corrected chi connectivity index (χ1v) is 8.26. The molecule has 0 unspecified atom stereocenters. The third-order valence-electron chi connectivity index (χ3n) is 4.10. The van der Waals surface area contributed by atoms with Crippen LogP contribution in [0.25, 0.3) is 0 Å². The quantitative estimate of drug-likeness (QED) is 0.778. The lowest BCUT2D eigenvalue weighted by molar-refractivity contribution is 0.244. The van der Waals surface area contributed by atoms with Crippen molar-refractivity contribution in [2.45, 2.75) is 38.1 Å². The predicted octanol–water partition coefficient (Wildman–Crippen LogP) is 4.42. The summed E-state index contributed by atoms with van der Waals surface area (Å²) in [5.74, 6) is 0.133. The average Bonchev–Trinajstić information content (AvgIpc) is 2.59. The van der Waals surface area contributed by atoms with Crippen molar-refractivity contribution >= 4 is 23.2 Å². The Bertz CT molecular complexity index is 684. The number of carbonyl (C=O) groups excluding carboxylic acids is 1. The second kappa shape index (κ2) is 7.77. The number of aromatic nitrogens is 1. The number of amides is 2. The van der Waals surface area contributed by atoms with Crippen molar-refractivity contribution in [1.29, 1.82) is 0 Å². The number of para-hydroxylation sites is 1. The van der Waals surface area contributed by atoms with E-state index in [1.54, 1.807) is 36.5 Å². The maximum Gasteiger partial charge on any atom is 0.320 e. The van der Waals surface area contributed by atoms with Gasteiger partial charge in [0.15, 0.2) is 0 Å². The standard InChI is InChI=1S/C18H21FN4O/c19-15-8-4-5-9-16(15)21-14-10-11-17(20-12-14)23-18(24)22-13-6-2-1-3-7-13/h4-5,8-13,21H,1-3,6-7H2,(H2,20,22,23,24). The van der Waals surface area contributed by atoms with E-state index in [-0.39, 0.29) is 17.9 Å². The van der Waals surface area contributed by atoms with Crippen LogP contribution in [0.3, 0.4) is 0 Å². The third-order valence-corrected chi connectivity index (χ3v) is 4.10. The van der Waals surface area contributed by atoms with Crippen molar-refractivity contribution in [2.24, 2.45) is 0 Å². The fraction of sp³-hybridized carbons (Fsp3) is 0.333. The summed E-state index contributed by atoms with van der Waals surface area (Å²) in [7, 11) is 0. The van der Waals surface area contributed by atoms with Gasteiger partial charge in [-0.3, -0.25) is 5.32 Å². The molecule has 0 bridgehead atoms. The summed E-state index contributed by atoms with van der Waals surface area (Å²) in [5, 5.41) is 8.66. The number of urea groups is 1. The van der Waals surface area contributed by atoms with Gasteiger partial charge in [0.2, 0.25) is 0 Å². The fourth-order valence-electron chi connectivity index (χ4n) is 2.84. The number of hydrogen-bond acceptors (Lipinski definition) is 3. The molecule has 2 amide bonds. The van der Waals surface area contributed by atoms with E-state index < -0.39 is 0 Å². The summed E-state index contributed by atoms with van der Waals surface area (Å²) >= 11 is 0. The monoisotopic (exact) mass is 328 g/mol. The van der Waals surface area contributed by atoms with Gasteiger partial charge in [-0.15, -0.1) is 0 Å². The van der Waals surface area contributed by atoms with Crippen molar-refractivity contribution in [3.63, 3.8) is 0 Å². The largest absolute Gasteiger partial charge is 0.352 e. The number of benzene rings is 1. The number of carbonyl (C=O) groups is 1. The molecule has 0 saturated heterocycles. The van der Waals surface area contributed by atoms with Crippen LogP contribution in [0.4, 0.5) is 26.4 Å². The van der Waals surface area contributed by atoms with Crippen LogP contribution in [0.2, 0.25) is 0 Å². The smallest absolute Gasteiger partial charge is 0.320 e. The molecular weight excluding hydrogens is 307 g/mol. The molecule has 5 nitrogen and oxygen atoms in total. The van der Waals surface area contributed by atoms with Gasteiger partial charge in [0.25, 0.3) is 0 Å². The third kappa shape index (κ3) is 4.44. The predicted molar refractivity (Wildman–Crippen MR) is 92.9 cm³/mol. The summed E-state index contributed by atoms with van der Waals surface area (Å²) in [4.78, 5) is 16.2. The second-order valence-electron chi connectivity index (χ2n) is 5.97. The van der Waals surface area contributed by atoms with Crippen LogP contribution in [-0.4, -0.2) is 17.1 Å². The molecule has 0 spiro atoms. The molecule has 6 heteroatoms. The van der Waals surface area contributed by atoms with Crippen LogP contribution < -0.4 is 16.0 Å². The van der Waals surface area contributed by atoms with Gasteiger partial charge in [0, 0.05) is 6.04 Å². The molecule has 24 heavy (non-hydrogen) atoms. The van der Waals surface area contributed by atoms with E-state index in [9.17, 15) is 9.18 Å². The van der Waals surface area contributed by atoms with Gasteiger partial charge in [0.05, 0.1) is 17.6 Å². The second-order valence-corrected chi connectivity index (χ2v) is 5.97. The molecule has 0 radical (unpaired) electrons. The zero-order valence-electron chi connectivity index (χ0n) is 13.4. The minimum atomic E-state index is -0.327. The van der Waals surface area contributed by atoms with Gasteiger partial charge in [-0.25, -0.2) is 14.2 Å². The maximum atomic E-state index is 13.6. The van der Waals surface area contributed by atoms with E-state index in [0.717, 1.165) is 12.8 Å². The average molecular weight is 328 g/mol. The highest BCUT2D eigenvalue weighted by molar-refractivity contribution is 5.88. The van der Waals surface area contributed by atoms with E-state index in [1.807, 2.05) is 0 Å². The normalized spacial score (nSPS) is 14.9. The van der Waals surface area contributed by atoms with Crippen molar-refractivity contribution in [3.05, 3.63) is 48.4 Å². The Morgan fingerprint density at radius 2 is 1.88 bits per heavy atom. The number of rotatable bonds is 4. The summed E-state index contributed by atoms with van der Waals surface area (Å²) in [6.45, 7) is 0. The van der Waals surface area contributed by atoms with Crippen LogP contribution >= 0.6 is 0 Å². The first-order valence-electron chi connectivity index (χ1n) is 8.26. The lowest BCUT2D eigenvalue weighted by Crippen LogP contribution is -2.39. The first kappa shape index (κ1) is 16.2. The number of hydrogen-bond donors (Lipinski definition) is 3. The SMILES string of the molecule is O=C(Nc1ccc(Nc2ccccc2F)cn1)NC1CCCCC1. The number of anilines is 3. The van der Waals surface area contributed by atoms with Crippen LogP contribution in [0.15, 0.2) is 42.6 Å². The van der Waals surface area contributed by atoms with Gasteiger partial charge in [-0.05, 0) is 37.1 Å². The highest BCUT2D eigenvalue weighted by atomic mass is 19.1. The Kier molecular flexibility index (Phi) is 5.25. The fourth-order valence-corrected chi connectivity index (χ4v) is 2.84.